The second kappa shape index (κ2) is 3.92. The lowest BCUT2D eigenvalue weighted by Gasteiger charge is -2.19. The molecule has 0 fully saturated rings. The van der Waals surface area contributed by atoms with Crippen molar-refractivity contribution >= 4 is 5.84 Å². The van der Waals surface area contributed by atoms with Gasteiger partial charge in [0.05, 0.1) is 6.54 Å². The van der Waals surface area contributed by atoms with Gasteiger partial charge in [0.2, 0.25) is 0 Å². The highest BCUT2D eigenvalue weighted by Gasteiger charge is 2.42. The van der Waals surface area contributed by atoms with Gasteiger partial charge in [-0.05, 0) is 13.0 Å². The fourth-order valence-electron chi connectivity index (χ4n) is 1.14. The Morgan fingerprint density at radius 3 is 2.60 bits per heavy atom. The van der Waals surface area contributed by atoms with Crippen LogP contribution in [0.1, 0.15) is 5.69 Å². The lowest BCUT2D eigenvalue weighted by atomic mass is 10.1. The van der Waals surface area contributed by atoms with Gasteiger partial charge in [0.25, 0.3) is 0 Å². The summed E-state index contributed by atoms with van der Waals surface area (Å²) in [6, 6.07) is 1.59. The number of amidine groups is 1. The van der Waals surface area contributed by atoms with Crippen molar-refractivity contribution in [3.8, 4) is 0 Å². The maximum atomic E-state index is 12.4. The first-order chi connectivity index (χ1) is 6.82. The van der Waals surface area contributed by atoms with Crippen LogP contribution in [0.2, 0.25) is 0 Å². The molecule has 3 N–H and O–H groups in total. The third kappa shape index (κ3) is 2.71. The number of aromatic nitrogens is 2. The van der Waals surface area contributed by atoms with Crippen LogP contribution in [0, 0.1) is 18.3 Å². The van der Waals surface area contributed by atoms with Crippen molar-refractivity contribution in [3.05, 3.63) is 18.0 Å². The molecule has 1 aromatic rings. The first-order valence-electron chi connectivity index (χ1n) is 4.21. The quantitative estimate of drug-likeness (QED) is 0.595. The van der Waals surface area contributed by atoms with E-state index < -0.39 is 24.5 Å². The molecular formula is C8H11F3N4. The van der Waals surface area contributed by atoms with Crippen molar-refractivity contribution in [3.63, 3.8) is 0 Å². The van der Waals surface area contributed by atoms with Crippen LogP contribution in [0.25, 0.3) is 0 Å². The minimum Gasteiger partial charge on any atom is -0.387 e. The van der Waals surface area contributed by atoms with E-state index in [0.29, 0.717) is 5.69 Å². The topological polar surface area (TPSA) is 67.7 Å². The number of aryl methyl sites for hydroxylation is 1. The van der Waals surface area contributed by atoms with Crippen LogP contribution in [-0.2, 0) is 6.54 Å². The maximum absolute atomic E-state index is 12.4. The molecule has 0 saturated heterocycles. The Balaban J connectivity index is 2.86. The van der Waals surface area contributed by atoms with E-state index in [0.717, 1.165) is 0 Å². The van der Waals surface area contributed by atoms with Gasteiger partial charge in [0.1, 0.15) is 11.8 Å². The van der Waals surface area contributed by atoms with Crippen LogP contribution in [0.5, 0.6) is 0 Å². The minimum absolute atomic E-state index is 0.447. The third-order valence-corrected chi connectivity index (χ3v) is 2.05. The zero-order chi connectivity index (χ0) is 11.6. The summed E-state index contributed by atoms with van der Waals surface area (Å²) in [5, 5.41) is 10.6. The molecule has 0 aliphatic rings. The SMILES string of the molecule is Cc1ccnn1CC(C(=N)N)C(F)(F)F. The molecular weight excluding hydrogens is 209 g/mol. The Kier molecular flexibility index (Phi) is 3.01. The smallest absolute Gasteiger partial charge is 0.387 e. The molecule has 0 aliphatic carbocycles. The van der Waals surface area contributed by atoms with E-state index in [1.807, 2.05) is 0 Å². The largest absolute Gasteiger partial charge is 0.400 e. The second-order valence-corrected chi connectivity index (χ2v) is 3.20. The monoisotopic (exact) mass is 220 g/mol. The van der Waals surface area contributed by atoms with E-state index in [2.05, 4.69) is 5.10 Å². The molecule has 1 rings (SSSR count). The lowest BCUT2D eigenvalue weighted by Crippen LogP contribution is -2.38. The molecule has 1 aromatic heterocycles. The predicted octanol–water partition coefficient (Wildman–Crippen LogP) is 1.31. The number of nitrogens with zero attached hydrogens (tertiary/aromatic N) is 2. The Morgan fingerprint density at radius 2 is 2.27 bits per heavy atom. The molecule has 0 aromatic carbocycles. The van der Waals surface area contributed by atoms with Crippen molar-refractivity contribution in [2.45, 2.75) is 19.6 Å². The van der Waals surface area contributed by atoms with Crippen LogP contribution in [-0.4, -0.2) is 21.8 Å². The molecule has 0 radical (unpaired) electrons. The summed E-state index contributed by atoms with van der Waals surface area (Å²) < 4.78 is 38.5. The highest BCUT2D eigenvalue weighted by Crippen LogP contribution is 2.27. The van der Waals surface area contributed by atoms with Gasteiger partial charge in [-0.15, -0.1) is 0 Å². The Hall–Kier alpha value is -1.53. The van der Waals surface area contributed by atoms with Gasteiger partial charge < -0.3 is 5.73 Å². The van der Waals surface area contributed by atoms with Gasteiger partial charge in [0, 0.05) is 11.9 Å². The summed E-state index contributed by atoms with van der Waals surface area (Å²) in [6.45, 7) is 1.19. The molecule has 0 spiro atoms. The van der Waals surface area contributed by atoms with Gasteiger partial charge in [-0.1, -0.05) is 0 Å². The van der Waals surface area contributed by atoms with Crippen LogP contribution in [0.3, 0.4) is 0 Å². The Labute approximate surface area is 84.4 Å². The van der Waals surface area contributed by atoms with Crippen molar-refractivity contribution in [1.82, 2.24) is 9.78 Å². The van der Waals surface area contributed by atoms with Crippen molar-refractivity contribution in [2.75, 3.05) is 0 Å². The highest BCUT2D eigenvalue weighted by molar-refractivity contribution is 5.80. The third-order valence-electron chi connectivity index (χ3n) is 2.05. The molecule has 84 valence electrons. The number of hydrogen-bond acceptors (Lipinski definition) is 2. The molecule has 15 heavy (non-hydrogen) atoms. The molecule has 0 amide bonds. The van der Waals surface area contributed by atoms with E-state index in [9.17, 15) is 13.2 Å². The average Bonchev–Trinajstić information content (AvgIpc) is 2.44. The van der Waals surface area contributed by atoms with Crippen molar-refractivity contribution in [1.29, 1.82) is 5.41 Å². The molecule has 0 saturated carbocycles. The van der Waals surface area contributed by atoms with E-state index in [-0.39, 0.29) is 0 Å². The fourth-order valence-corrected chi connectivity index (χ4v) is 1.14. The van der Waals surface area contributed by atoms with Gasteiger partial charge in [-0.3, -0.25) is 10.1 Å². The zero-order valence-corrected chi connectivity index (χ0v) is 8.04. The van der Waals surface area contributed by atoms with E-state index in [1.54, 1.807) is 13.0 Å². The summed E-state index contributed by atoms with van der Waals surface area (Å²) in [7, 11) is 0. The van der Waals surface area contributed by atoms with Crippen molar-refractivity contribution in [2.24, 2.45) is 11.7 Å². The number of alkyl halides is 3. The lowest BCUT2D eigenvalue weighted by molar-refractivity contribution is -0.159. The van der Waals surface area contributed by atoms with Gasteiger partial charge in [0.15, 0.2) is 0 Å². The molecule has 1 unspecified atom stereocenters. The fraction of sp³-hybridized carbons (Fsp3) is 0.500. The predicted molar refractivity (Wildman–Crippen MR) is 48.4 cm³/mol. The zero-order valence-electron chi connectivity index (χ0n) is 8.04. The van der Waals surface area contributed by atoms with Gasteiger partial charge >= 0.3 is 6.18 Å². The summed E-state index contributed by atoms with van der Waals surface area (Å²) in [6.07, 6.45) is -3.10. The molecule has 4 nitrogen and oxygen atoms in total. The van der Waals surface area contributed by atoms with Crippen LogP contribution < -0.4 is 5.73 Å². The minimum atomic E-state index is -4.51. The second-order valence-electron chi connectivity index (χ2n) is 3.20. The average molecular weight is 220 g/mol. The van der Waals surface area contributed by atoms with E-state index in [4.69, 9.17) is 11.1 Å². The van der Waals surface area contributed by atoms with Crippen LogP contribution in [0.15, 0.2) is 12.3 Å². The van der Waals surface area contributed by atoms with Crippen molar-refractivity contribution < 1.29 is 13.2 Å². The Morgan fingerprint density at radius 1 is 1.67 bits per heavy atom. The highest BCUT2D eigenvalue weighted by atomic mass is 19.4. The summed E-state index contributed by atoms with van der Waals surface area (Å²) >= 11 is 0. The van der Waals surface area contributed by atoms with Crippen LogP contribution >= 0.6 is 0 Å². The Bertz CT molecular complexity index is 355. The van der Waals surface area contributed by atoms with Gasteiger partial charge in [-0.25, -0.2) is 0 Å². The molecule has 0 bridgehead atoms. The van der Waals surface area contributed by atoms with E-state index >= 15 is 0 Å². The van der Waals surface area contributed by atoms with Gasteiger partial charge in [-0.2, -0.15) is 18.3 Å². The summed E-state index contributed by atoms with van der Waals surface area (Å²) in [5.74, 6) is -2.87. The summed E-state index contributed by atoms with van der Waals surface area (Å²) in [4.78, 5) is 0. The number of halogens is 3. The number of rotatable bonds is 3. The van der Waals surface area contributed by atoms with E-state index in [1.165, 1.54) is 10.9 Å². The standard InChI is InChI=1S/C8H11F3N4/c1-5-2-3-14-15(5)4-6(7(12)13)8(9,10)11/h2-3,6H,4H2,1H3,(H3,12,13). The molecule has 1 atom stereocenters. The maximum Gasteiger partial charge on any atom is 0.400 e. The first-order valence-corrected chi connectivity index (χ1v) is 4.21. The number of nitrogens with one attached hydrogen (secondary N) is 1. The summed E-state index contributed by atoms with van der Waals surface area (Å²) in [5.41, 5.74) is 5.51. The molecule has 7 heteroatoms. The molecule has 1 heterocycles. The first kappa shape index (κ1) is 11.5. The normalized spacial score (nSPS) is 13.9. The molecule has 0 aliphatic heterocycles. The number of hydrogen-bond donors (Lipinski definition) is 2. The van der Waals surface area contributed by atoms with Crippen LogP contribution in [0.4, 0.5) is 13.2 Å². The number of nitrogens with two attached hydrogens (primary N) is 1.